The molecular formula is C30H39ClN2O6. The molecule has 0 aliphatic carbocycles. The molecule has 212 valence electrons. The lowest BCUT2D eigenvalue weighted by atomic mass is 9.62. The van der Waals surface area contributed by atoms with Crippen molar-refractivity contribution in [3.8, 4) is 0 Å². The van der Waals surface area contributed by atoms with Gasteiger partial charge in [0.1, 0.15) is 17.6 Å². The van der Waals surface area contributed by atoms with Crippen molar-refractivity contribution >= 4 is 35.1 Å². The van der Waals surface area contributed by atoms with Crippen LogP contribution in [0.2, 0.25) is 5.02 Å². The number of para-hydroxylation sites is 1. The number of benzene rings is 1. The Balaban J connectivity index is 1.77. The van der Waals surface area contributed by atoms with Crippen molar-refractivity contribution < 1.29 is 29.0 Å². The van der Waals surface area contributed by atoms with Crippen LogP contribution in [-0.2, 0) is 23.9 Å². The van der Waals surface area contributed by atoms with E-state index in [1.807, 2.05) is 13.8 Å². The number of hydrogen-bond donors (Lipinski definition) is 1. The number of unbranched alkanes of at least 4 members (excludes halogenated alkanes) is 2. The van der Waals surface area contributed by atoms with E-state index in [9.17, 15) is 19.5 Å². The lowest BCUT2D eigenvalue weighted by Crippen LogP contribution is -2.57. The maximum absolute atomic E-state index is 14.5. The van der Waals surface area contributed by atoms with Crippen LogP contribution in [0.1, 0.15) is 46.0 Å². The second-order valence-electron chi connectivity index (χ2n) is 11.0. The molecule has 2 bridgehead atoms. The highest BCUT2D eigenvalue weighted by Crippen LogP contribution is 2.65. The van der Waals surface area contributed by atoms with Crippen LogP contribution in [0.4, 0.5) is 5.69 Å². The summed E-state index contributed by atoms with van der Waals surface area (Å²) in [7, 11) is 0. The number of esters is 1. The van der Waals surface area contributed by atoms with E-state index in [0.717, 1.165) is 0 Å². The second-order valence-corrected chi connectivity index (χ2v) is 11.4. The molecule has 1 N–H and O–H groups in total. The summed E-state index contributed by atoms with van der Waals surface area (Å²) in [6.07, 6.45) is 6.15. The number of anilines is 1. The summed E-state index contributed by atoms with van der Waals surface area (Å²) >= 11 is 6.52. The highest BCUT2D eigenvalue weighted by atomic mass is 35.5. The number of rotatable bonds is 13. The van der Waals surface area contributed by atoms with Crippen LogP contribution in [-0.4, -0.2) is 71.3 Å². The van der Waals surface area contributed by atoms with Gasteiger partial charge in [-0.3, -0.25) is 14.4 Å². The van der Waals surface area contributed by atoms with Crippen LogP contribution in [0, 0.1) is 17.8 Å². The summed E-state index contributed by atoms with van der Waals surface area (Å²) in [5.41, 5.74) is -1.60. The van der Waals surface area contributed by atoms with E-state index in [2.05, 4.69) is 13.2 Å². The highest BCUT2D eigenvalue weighted by Gasteiger charge is 2.80. The van der Waals surface area contributed by atoms with Crippen LogP contribution in [0.25, 0.3) is 0 Å². The first kappa shape index (κ1) is 29.3. The van der Waals surface area contributed by atoms with Gasteiger partial charge < -0.3 is 24.4 Å². The van der Waals surface area contributed by atoms with Crippen molar-refractivity contribution in [1.29, 1.82) is 0 Å². The number of amides is 2. The van der Waals surface area contributed by atoms with Crippen LogP contribution >= 0.6 is 11.6 Å². The van der Waals surface area contributed by atoms with Crippen molar-refractivity contribution in [2.24, 2.45) is 17.8 Å². The van der Waals surface area contributed by atoms with Crippen LogP contribution in [0.3, 0.4) is 0 Å². The van der Waals surface area contributed by atoms with Gasteiger partial charge in [-0.1, -0.05) is 42.8 Å². The molecule has 1 aromatic carbocycles. The van der Waals surface area contributed by atoms with Gasteiger partial charge in [-0.15, -0.1) is 13.2 Å². The summed E-state index contributed by atoms with van der Waals surface area (Å²) in [5.74, 6) is -2.82. The summed E-state index contributed by atoms with van der Waals surface area (Å²) < 4.78 is 12.3. The Morgan fingerprint density at radius 2 is 2.00 bits per heavy atom. The monoisotopic (exact) mass is 558 g/mol. The molecular weight excluding hydrogens is 520 g/mol. The van der Waals surface area contributed by atoms with Gasteiger partial charge in [-0.2, -0.15) is 0 Å². The number of fused-ring (bicyclic) bond motifs is 1. The van der Waals surface area contributed by atoms with Gasteiger partial charge in [0.25, 0.3) is 5.91 Å². The molecule has 1 spiro atoms. The molecule has 3 saturated heterocycles. The van der Waals surface area contributed by atoms with Crippen LogP contribution in [0.5, 0.6) is 0 Å². The Kier molecular flexibility index (Phi) is 8.88. The molecule has 3 fully saturated rings. The quantitative estimate of drug-likeness (QED) is 0.222. The third kappa shape index (κ3) is 4.92. The van der Waals surface area contributed by atoms with Gasteiger partial charge in [-0.05, 0) is 57.1 Å². The number of likely N-dealkylation sites (tertiary alicyclic amines) is 1. The summed E-state index contributed by atoms with van der Waals surface area (Å²) in [6, 6.07) is 6.11. The van der Waals surface area contributed by atoms with Crippen molar-refractivity contribution in [3.05, 3.63) is 54.6 Å². The number of hydrogen-bond acceptors (Lipinski definition) is 6. The first-order valence-electron chi connectivity index (χ1n) is 13.7. The van der Waals surface area contributed by atoms with E-state index in [-0.39, 0.29) is 37.5 Å². The first-order valence-corrected chi connectivity index (χ1v) is 14.1. The normalized spacial score (nSPS) is 30.8. The van der Waals surface area contributed by atoms with Gasteiger partial charge in [0.2, 0.25) is 5.91 Å². The van der Waals surface area contributed by atoms with Crippen molar-refractivity contribution in [3.63, 3.8) is 0 Å². The van der Waals surface area contributed by atoms with Crippen molar-refractivity contribution in [1.82, 2.24) is 4.90 Å². The van der Waals surface area contributed by atoms with Crippen LogP contribution in [0.15, 0.2) is 49.6 Å². The molecule has 3 heterocycles. The first-order chi connectivity index (χ1) is 18.7. The largest absolute Gasteiger partial charge is 0.465 e. The Labute approximate surface area is 235 Å². The molecule has 3 aliphatic heterocycles. The zero-order valence-electron chi connectivity index (χ0n) is 22.8. The molecule has 3 aliphatic rings. The van der Waals surface area contributed by atoms with E-state index < -0.39 is 35.0 Å². The minimum absolute atomic E-state index is 0.0556. The van der Waals surface area contributed by atoms with E-state index >= 15 is 0 Å². The fourth-order valence-corrected chi connectivity index (χ4v) is 7.01. The molecule has 6 atom stereocenters. The van der Waals surface area contributed by atoms with Gasteiger partial charge in [0, 0.05) is 19.7 Å². The zero-order chi connectivity index (χ0) is 28.4. The number of nitrogens with zero attached hydrogens (tertiary/aromatic N) is 2. The van der Waals surface area contributed by atoms with Crippen molar-refractivity contribution in [2.45, 2.75) is 63.2 Å². The molecule has 4 rings (SSSR count). The molecule has 39 heavy (non-hydrogen) atoms. The smallest absolute Gasteiger partial charge is 0.312 e. The maximum Gasteiger partial charge on any atom is 0.312 e. The average Bonchev–Trinajstić information content (AvgIpc) is 3.42. The fraction of sp³-hybridized carbons (Fsp3) is 0.567. The van der Waals surface area contributed by atoms with Gasteiger partial charge in [-0.25, -0.2) is 0 Å². The van der Waals surface area contributed by atoms with Gasteiger partial charge >= 0.3 is 5.97 Å². The third-order valence-electron chi connectivity index (χ3n) is 8.65. The highest BCUT2D eigenvalue weighted by molar-refractivity contribution is 6.34. The molecule has 0 radical (unpaired) electrons. The Morgan fingerprint density at radius 3 is 2.67 bits per heavy atom. The Bertz CT molecular complexity index is 1130. The topological polar surface area (TPSA) is 96.4 Å². The SMILES string of the molecule is C=CCCOC(=O)[C@@H]1[C@H]2C(=O)N(CCCCCO)C(C(=O)N(CC=C)c3ccccc3Cl)C23CC(C)[C@@]1(C)O3. The standard InChI is InChI=1S/C30H39ClN2O6/c1-5-7-18-38-28(37)24-23-26(35)33(16-11-8-12-17-34)25(30(23)19-20(3)29(24,4)39-30)27(36)32(15-6-2)22-14-10-9-13-21(22)31/h5-6,9-10,13-14,20,23-25,34H,1-2,7-8,11-12,15-19H2,3-4H3/t20?,23-,24-,25?,29+,30?/m0/s1. The maximum atomic E-state index is 14.5. The van der Waals surface area contributed by atoms with E-state index in [4.69, 9.17) is 21.1 Å². The molecule has 2 amide bonds. The van der Waals surface area contributed by atoms with E-state index in [1.165, 1.54) is 0 Å². The van der Waals surface area contributed by atoms with Gasteiger partial charge in [0.05, 0.1) is 28.8 Å². The number of ether oxygens (including phenoxy) is 2. The minimum atomic E-state index is -1.18. The zero-order valence-corrected chi connectivity index (χ0v) is 23.6. The Morgan fingerprint density at radius 1 is 1.26 bits per heavy atom. The Hall–Kier alpha value is -2.68. The minimum Gasteiger partial charge on any atom is -0.465 e. The summed E-state index contributed by atoms with van der Waals surface area (Å²) in [4.78, 5) is 45.3. The molecule has 3 unspecified atom stereocenters. The number of halogens is 1. The number of carbonyl (C=O) groups excluding carboxylic acids is 3. The van der Waals surface area contributed by atoms with Crippen LogP contribution < -0.4 is 4.90 Å². The lowest BCUT2D eigenvalue weighted by molar-refractivity contribution is -0.161. The summed E-state index contributed by atoms with van der Waals surface area (Å²) in [6.45, 7) is 12.1. The molecule has 8 nitrogen and oxygen atoms in total. The predicted octanol–water partition coefficient (Wildman–Crippen LogP) is 4.15. The number of aliphatic hydroxyl groups excluding tert-OH is 1. The summed E-state index contributed by atoms with van der Waals surface area (Å²) in [5, 5.41) is 9.66. The third-order valence-corrected chi connectivity index (χ3v) is 8.97. The van der Waals surface area contributed by atoms with Crippen molar-refractivity contribution in [2.75, 3.05) is 31.2 Å². The van der Waals surface area contributed by atoms with Gasteiger partial charge in [0.15, 0.2) is 0 Å². The fourth-order valence-electron chi connectivity index (χ4n) is 6.77. The number of carbonyl (C=O) groups is 3. The number of aliphatic hydroxyl groups is 1. The average molecular weight is 559 g/mol. The van der Waals surface area contributed by atoms with E-state index in [1.54, 1.807) is 46.2 Å². The molecule has 1 aromatic rings. The lowest BCUT2D eigenvalue weighted by Gasteiger charge is -2.37. The molecule has 9 heteroatoms. The molecule has 0 aromatic heterocycles. The second kappa shape index (κ2) is 11.8. The predicted molar refractivity (Wildman–Crippen MR) is 149 cm³/mol. The molecule has 0 saturated carbocycles. The van der Waals surface area contributed by atoms with E-state index in [0.29, 0.717) is 49.4 Å².